The number of nitrogens with zero attached hydrogens (tertiary/aromatic N) is 1. The van der Waals surface area contributed by atoms with Crippen molar-refractivity contribution in [2.45, 2.75) is 13.3 Å². The fourth-order valence-corrected chi connectivity index (χ4v) is 4.39. The third-order valence-corrected chi connectivity index (χ3v) is 5.91. The summed E-state index contributed by atoms with van der Waals surface area (Å²) in [5, 5.41) is 4.05. The second-order valence-electron chi connectivity index (χ2n) is 5.81. The summed E-state index contributed by atoms with van der Waals surface area (Å²) in [7, 11) is 0. The molecule has 1 amide bonds. The Balaban J connectivity index is 1.45. The molecule has 0 saturated carbocycles. The summed E-state index contributed by atoms with van der Waals surface area (Å²) < 4.78 is 1.22. The van der Waals surface area contributed by atoms with Gasteiger partial charge in [-0.1, -0.05) is 24.3 Å². The summed E-state index contributed by atoms with van der Waals surface area (Å²) in [6.07, 6.45) is 0.803. The quantitative estimate of drug-likeness (QED) is 0.519. The number of hydrogen-bond acceptors (Lipinski definition) is 4. The van der Waals surface area contributed by atoms with Crippen LogP contribution in [-0.4, -0.2) is 10.9 Å². The van der Waals surface area contributed by atoms with Gasteiger partial charge in [0.1, 0.15) is 0 Å². The van der Waals surface area contributed by atoms with Crippen LogP contribution in [0.5, 0.6) is 0 Å². The number of thiophene rings is 1. The maximum absolute atomic E-state index is 12.2. The lowest BCUT2D eigenvalue weighted by Gasteiger charge is -2.05. The monoisotopic (exact) mass is 364 g/mol. The van der Waals surface area contributed by atoms with Crippen molar-refractivity contribution < 1.29 is 4.79 Å². The van der Waals surface area contributed by atoms with Gasteiger partial charge >= 0.3 is 0 Å². The third kappa shape index (κ3) is 3.62. The Morgan fingerprint density at radius 2 is 1.80 bits per heavy atom. The van der Waals surface area contributed by atoms with E-state index in [0.717, 1.165) is 32.4 Å². The molecule has 0 saturated heterocycles. The highest BCUT2D eigenvalue weighted by Crippen LogP contribution is 2.24. The fraction of sp³-hybridized carbons (Fsp3) is 0.100. The molecule has 4 rings (SSSR count). The van der Waals surface area contributed by atoms with Gasteiger partial charge in [-0.2, -0.15) is 0 Å². The summed E-state index contributed by atoms with van der Waals surface area (Å²) in [6.45, 7) is 2.00. The van der Waals surface area contributed by atoms with Crippen molar-refractivity contribution in [3.8, 4) is 0 Å². The number of thiazole rings is 1. The highest BCUT2D eigenvalue weighted by molar-refractivity contribution is 7.18. The molecule has 0 spiro atoms. The molecular weight excluding hydrogens is 348 g/mol. The van der Waals surface area contributed by atoms with E-state index in [1.54, 1.807) is 11.3 Å². The zero-order valence-electron chi connectivity index (χ0n) is 13.7. The first-order valence-corrected chi connectivity index (χ1v) is 9.62. The average Bonchev–Trinajstić information content (AvgIpc) is 3.22. The van der Waals surface area contributed by atoms with Gasteiger partial charge in [-0.15, -0.1) is 22.7 Å². The van der Waals surface area contributed by atoms with Crippen molar-refractivity contribution >= 4 is 44.5 Å². The lowest BCUT2D eigenvalue weighted by atomic mass is 10.1. The van der Waals surface area contributed by atoms with Crippen LogP contribution in [0, 0.1) is 6.92 Å². The van der Waals surface area contributed by atoms with Gasteiger partial charge in [-0.05, 0) is 48.9 Å². The number of fused-ring (bicyclic) bond motifs is 1. The molecule has 0 aliphatic heterocycles. The largest absolute Gasteiger partial charge is 0.321 e. The zero-order chi connectivity index (χ0) is 17.2. The Morgan fingerprint density at radius 3 is 2.52 bits per heavy atom. The molecule has 25 heavy (non-hydrogen) atoms. The number of aromatic nitrogens is 1. The summed E-state index contributed by atoms with van der Waals surface area (Å²) in [5.74, 6) is -0.0583. The normalized spacial score (nSPS) is 10.9. The smallest absolute Gasteiger partial charge is 0.265 e. The predicted octanol–water partition coefficient (Wildman–Crippen LogP) is 5.51. The van der Waals surface area contributed by atoms with Crippen LogP contribution in [0.4, 0.5) is 5.69 Å². The molecule has 0 bridgehead atoms. The van der Waals surface area contributed by atoms with E-state index in [0.29, 0.717) is 0 Å². The fourth-order valence-electron chi connectivity index (χ4n) is 2.63. The van der Waals surface area contributed by atoms with Gasteiger partial charge in [0.05, 0.1) is 20.1 Å². The van der Waals surface area contributed by atoms with Crippen LogP contribution in [0.1, 0.15) is 25.1 Å². The van der Waals surface area contributed by atoms with Gasteiger partial charge in [0, 0.05) is 17.0 Å². The molecule has 0 aliphatic carbocycles. The molecule has 0 radical (unpaired) electrons. The Morgan fingerprint density at radius 1 is 1.00 bits per heavy atom. The molecule has 0 fully saturated rings. The van der Waals surface area contributed by atoms with Gasteiger partial charge in [0.25, 0.3) is 5.91 Å². The highest BCUT2D eigenvalue weighted by Gasteiger charge is 2.09. The minimum Gasteiger partial charge on any atom is -0.321 e. The van der Waals surface area contributed by atoms with Gasteiger partial charge in [0.2, 0.25) is 0 Å². The standard InChI is InChI=1S/C20H16N2OS2/c1-13-6-11-18(24-13)20(23)21-15-9-7-14(8-10-15)12-19-22-16-4-2-3-5-17(16)25-19/h2-11H,12H2,1H3,(H,21,23). The maximum Gasteiger partial charge on any atom is 0.265 e. The molecule has 1 N–H and O–H groups in total. The molecule has 0 unspecified atom stereocenters. The molecule has 0 atom stereocenters. The van der Waals surface area contributed by atoms with Gasteiger partial charge < -0.3 is 5.32 Å². The Bertz CT molecular complexity index is 998. The van der Waals surface area contributed by atoms with Crippen molar-refractivity contribution in [2.75, 3.05) is 5.32 Å². The summed E-state index contributed by atoms with van der Waals surface area (Å²) in [5.41, 5.74) is 3.05. The number of carbonyl (C=O) groups excluding carboxylic acids is 1. The van der Waals surface area contributed by atoms with E-state index in [1.165, 1.54) is 21.6 Å². The number of nitrogens with one attached hydrogen (secondary N) is 1. The summed E-state index contributed by atoms with van der Waals surface area (Å²) in [4.78, 5) is 18.7. The van der Waals surface area contributed by atoms with E-state index in [1.807, 2.05) is 61.5 Å². The second kappa shape index (κ2) is 6.78. The summed E-state index contributed by atoms with van der Waals surface area (Å²) >= 11 is 3.23. The zero-order valence-corrected chi connectivity index (χ0v) is 15.3. The van der Waals surface area contributed by atoms with E-state index in [4.69, 9.17) is 0 Å². The van der Waals surface area contributed by atoms with Crippen molar-refractivity contribution in [2.24, 2.45) is 0 Å². The third-order valence-electron chi connectivity index (χ3n) is 3.87. The molecule has 3 nitrogen and oxygen atoms in total. The Labute approximate surface area is 154 Å². The first-order valence-electron chi connectivity index (χ1n) is 7.98. The average molecular weight is 364 g/mol. The number of aryl methyl sites for hydroxylation is 1. The molecule has 2 heterocycles. The Kier molecular flexibility index (Phi) is 4.34. The van der Waals surface area contributed by atoms with Crippen molar-refractivity contribution in [1.82, 2.24) is 4.98 Å². The van der Waals surface area contributed by atoms with E-state index in [-0.39, 0.29) is 5.91 Å². The molecule has 2 aromatic heterocycles. The maximum atomic E-state index is 12.2. The molecule has 4 aromatic rings. The number of hydrogen-bond donors (Lipinski definition) is 1. The minimum absolute atomic E-state index is 0.0583. The number of amides is 1. The van der Waals surface area contributed by atoms with Crippen LogP contribution in [0.3, 0.4) is 0 Å². The van der Waals surface area contributed by atoms with Crippen LogP contribution in [-0.2, 0) is 6.42 Å². The van der Waals surface area contributed by atoms with E-state index < -0.39 is 0 Å². The SMILES string of the molecule is Cc1ccc(C(=O)Nc2ccc(Cc3nc4ccccc4s3)cc2)s1. The van der Waals surface area contributed by atoms with Gasteiger partial charge in [0.15, 0.2) is 0 Å². The molecule has 124 valence electrons. The van der Waals surface area contributed by atoms with Crippen molar-refractivity contribution in [1.29, 1.82) is 0 Å². The first-order chi connectivity index (χ1) is 12.2. The van der Waals surface area contributed by atoms with Crippen LogP contribution in [0.2, 0.25) is 0 Å². The van der Waals surface area contributed by atoms with E-state index in [2.05, 4.69) is 16.4 Å². The number of benzene rings is 2. The minimum atomic E-state index is -0.0583. The van der Waals surface area contributed by atoms with Gasteiger partial charge in [-0.25, -0.2) is 4.98 Å². The molecule has 2 aromatic carbocycles. The number of rotatable bonds is 4. The van der Waals surface area contributed by atoms with E-state index >= 15 is 0 Å². The second-order valence-corrected chi connectivity index (χ2v) is 8.22. The van der Waals surface area contributed by atoms with Crippen LogP contribution in [0.15, 0.2) is 60.7 Å². The lowest BCUT2D eigenvalue weighted by Crippen LogP contribution is -2.09. The number of para-hydroxylation sites is 1. The van der Waals surface area contributed by atoms with Crippen LogP contribution in [0.25, 0.3) is 10.2 Å². The van der Waals surface area contributed by atoms with E-state index in [9.17, 15) is 4.79 Å². The number of anilines is 1. The van der Waals surface area contributed by atoms with Gasteiger partial charge in [-0.3, -0.25) is 4.79 Å². The molecule has 0 aliphatic rings. The summed E-state index contributed by atoms with van der Waals surface area (Å²) in [6, 6.07) is 20.0. The highest BCUT2D eigenvalue weighted by atomic mass is 32.1. The van der Waals surface area contributed by atoms with Crippen molar-refractivity contribution in [3.63, 3.8) is 0 Å². The van der Waals surface area contributed by atoms with Crippen molar-refractivity contribution in [3.05, 3.63) is 81.0 Å². The van der Waals surface area contributed by atoms with Crippen LogP contribution >= 0.6 is 22.7 Å². The molecular formula is C20H16N2OS2. The lowest BCUT2D eigenvalue weighted by molar-refractivity contribution is 0.103. The van der Waals surface area contributed by atoms with Crippen LogP contribution < -0.4 is 5.32 Å². The number of carbonyl (C=O) groups is 1. The topological polar surface area (TPSA) is 42.0 Å². The predicted molar refractivity (Wildman–Crippen MR) is 106 cm³/mol. The Hall–Kier alpha value is -2.50. The molecule has 5 heteroatoms. The first kappa shape index (κ1) is 16.0.